The van der Waals surface area contributed by atoms with Gasteiger partial charge < -0.3 is 10.6 Å². The predicted octanol–water partition coefficient (Wildman–Crippen LogP) is 2.46. The molecular weight excluding hydrogens is 212 g/mol. The van der Waals surface area contributed by atoms with Gasteiger partial charge in [-0.25, -0.2) is 0 Å². The summed E-state index contributed by atoms with van der Waals surface area (Å²) in [6.07, 6.45) is 6.15. The lowest BCUT2D eigenvalue weighted by Crippen LogP contribution is -2.46. The van der Waals surface area contributed by atoms with Gasteiger partial charge in [0, 0.05) is 12.1 Å². The fourth-order valence-corrected chi connectivity index (χ4v) is 2.08. The van der Waals surface area contributed by atoms with Gasteiger partial charge in [-0.2, -0.15) is 0 Å². The van der Waals surface area contributed by atoms with Crippen LogP contribution >= 0.6 is 0 Å². The normalized spacial score (nSPS) is 20.0. The molecule has 1 aliphatic carbocycles. The first-order valence-electron chi connectivity index (χ1n) is 6.92. The van der Waals surface area contributed by atoms with Crippen LogP contribution in [0.3, 0.4) is 0 Å². The number of carbonyl (C=O) groups excluding carboxylic acids is 1. The number of amides is 1. The van der Waals surface area contributed by atoms with Gasteiger partial charge in [-0.15, -0.1) is 0 Å². The number of hydrogen-bond acceptors (Lipinski definition) is 2. The van der Waals surface area contributed by atoms with E-state index >= 15 is 0 Å². The summed E-state index contributed by atoms with van der Waals surface area (Å²) in [6.45, 7) is 9.12. The third-order valence-electron chi connectivity index (χ3n) is 3.84. The maximum Gasteiger partial charge on any atom is 0.234 e. The van der Waals surface area contributed by atoms with Crippen LogP contribution in [-0.4, -0.2) is 24.5 Å². The lowest BCUT2D eigenvalue weighted by atomic mass is 9.88. The van der Waals surface area contributed by atoms with Crippen LogP contribution in [0.2, 0.25) is 0 Å². The molecule has 17 heavy (non-hydrogen) atoms. The van der Waals surface area contributed by atoms with Crippen molar-refractivity contribution in [2.45, 2.75) is 71.9 Å². The average Bonchev–Trinajstić information content (AvgIpc) is 2.26. The van der Waals surface area contributed by atoms with Crippen molar-refractivity contribution in [1.29, 1.82) is 0 Å². The highest BCUT2D eigenvalue weighted by Crippen LogP contribution is 2.18. The van der Waals surface area contributed by atoms with Crippen molar-refractivity contribution in [3.63, 3.8) is 0 Å². The fourth-order valence-electron chi connectivity index (χ4n) is 2.08. The van der Waals surface area contributed by atoms with E-state index in [0.29, 0.717) is 18.6 Å². The van der Waals surface area contributed by atoms with Gasteiger partial charge in [0.15, 0.2) is 0 Å². The molecule has 3 nitrogen and oxygen atoms in total. The SMILES string of the molecule is CC(NCC(=O)NC1CCCCC1)C(C)(C)C. The van der Waals surface area contributed by atoms with Gasteiger partial charge in [-0.3, -0.25) is 4.79 Å². The molecule has 1 atom stereocenters. The third-order valence-corrected chi connectivity index (χ3v) is 3.84. The third kappa shape index (κ3) is 5.53. The molecule has 0 radical (unpaired) electrons. The maximum absolute atomic E-state index is 11.8. The second-order valence-electron chi connectivity index (χ2n) is 6.37. The summed E-state index contributed by atoms with van der Waals surface area (Å²) < 4.78 is 0. The van der Waals surface area contributed by atoms with Gasteiger partial charge in [-0.05, 0) is 25.2 Å². The second-order valence-corrected chi connectivity index (χ2v) is 6.37. The molecule has 0 bridgehead atoms. The van der Waals surface area contributed by atoms with Gasteiger partial charge in [0.05, 0.1) is 6.54 Å². The Kier molecular flexibility index (Phi) is 5.44. The van der Waals surface area contributed by atoms with Gasteiger partial charge in [0.1, 0.15) is 0 Å². The molecule has 0 spiro atoms. The number of nitrogens with one attached hydrogen (secondary N) is 2. The van der Waals surface area contributed by atoms with E-state index < -0.39 is 0 Å². The molecule has 1 rings (SSSR count). The van der Waals surface area contributed by atoms with Crippen LogP contribution in [0.5, 0.6) is 0 Å². The number of hydrogen-bond donors (Lipinski definition) is 2. The standard InChI is InChI=1S/C14H28N2O/c1-11(14(2,3)4)15-10-13(17)16-12-8-6-5-7-9-12/h11-12,15H,5-10H2,1-4H3,(H,16,17). The van der Waals surface area contributed by atoms with Gasteiger partial charge in [0.25, 0.3) is 0 Å². The summed E-state index contributed by atoms with van der Waals surface area (Å²) in [7, 11) is 0. The molecule has 1 amide bonds. The largest absolute Gasteiger partial charge is 0.352 e. The Labute approximate surface area is 106 Å². The Morgan fingerprint density at radius 1 is 1.24 bits per heavy atom. The van der Waals surface area contributed by atoms with E-state index in [9.17, 15) is 4.79 Å². The minimum absolute atomic E-state index is 0.146. The topological polar surface area (TPSA) is 41.1 Å². The Hall–Kier alpha value is -0.570. The number of carbonyl (C=O) groups is 1. The molecule has 1 saturated carbocycles. The first-order valence-corrected chi connectivity index (χ1v) is 6.92. The molecule has 0 aromatic heterocycles. The molecule has 0 aromatic rings. The first-order chi connectivity index (χ1) is 7.89. The summed E-state index contributed by atoms with van der Waals surface area (Å²) in [5, 5.41) is 6.42. The van der Waals surface area contributed by atoms with Crippen molar-refractivity contribution in [3.05, 3.63) is 0 Å². The van der Waals surface area contributed by atoms with Crippen LogP contribution < -0.4 is 10.6 Å². The number of rotatable bonds is 4. The van der Waals surface area contributed by atoms with E-state index in [1.807, 2.05) is 0 Å². The molecule has 0 aliphatic heterocycles. The van der Waals surface area contributed by atoms with Crippen LogP contribution in [-0.2, 0) is 4.79 Å². The molecule has 3 heteroatoms. The first kappa shape index (κ1) is 14.5. The van der Waals surface area contributed by atoms with E-state index in [0.717, 1.165) is 12.8 Å². The van der Waals surface area contributed by atoms with Crippen LogP contribution in [0.25, 0.3) is 0 Å². The molecule has 1 fully saturated rings. The zero-order chi connectivity index (χ0) is 12.9. The van der Waals surface area contributed by atoms with E-state index in [1.165, 1.54) is 19.3 Å². The lowest BCUT2D eigenvalue weighted by molar-refractivity contribution is -0.121. The summed E-state index contributed by atoms with van der Waals surface area (Å²) in [5.41, 5.74) is 0.200. The quantitative estimate of drug-likeness (QED) is 0.792. The van der Waals surface area contributed by atoms with Crippen LogP contribution in [0.4, 0.5) is 0 Å². The Morgan fingerprint density at radius 3 is 2.35 bits per heavy atom. The van der Waals surface area contributed by atoms with Crippen molar-refractivity contribution < 1.29 is 4.79 Å². The molecule has 100 valence electrons. The minimum Gasteiger partial charge on any atom is -0.352 e. The molecule has 1 aliphatic rings. The van der Waals surface area contributed by atoms with Crippen LogP contribution in [0, 0.1) is 5.41 Å². The van der Waals surface area contributed by atoms with Crippen LogP contribution in [0.15, 0.2) is 0 Å². The van der Waals surface area contributed by atoms with E-state index in [2.05, 4.69) is 38.3 Å². The maximum atomic E-state index is 11.8. The monoisotopic (exact) mass is 240 g/mol. The summed E-state index contributed by atoms with van der Waals surface area (Å²) >= 11 is 0. The molecule has 1 unspecified atom stereocenters. The van der Waals surface area contributed by atoms with Crippen molar-refractivity contribution in [1.82, 2.24) is 10.6 Å². The lowest BCUT2D eigenvalue weighted by Gasteiger charge is -2.28. The Bertz CT molecular complexity index is 239. The second kappa shape index (κ2) is 6.39. The highest BCUT2D eigenvalue weighted by atomic mass is 16.1. The fraction of sp³-hybridized carbons (Fsp3) is 0.929. The molecule has 2 N–H and O–H groups in total. The van der Waals surface area contributed by atoms with Gasteiger partial charge >= 0.3 is 0 Å². The van der Waals surface area contributed by atoms with Gasteiger partial charge in [0.2, 0.25) is 5.91 Å². The summed E-state index contributed by atoms with van der Waals surface area (Å²) in [6, 6.07) is 0.766. The Morgan fingerprint density at radius 2 is 1.82 bits per heavy atom. The smallest absolute Gasteiger partial charge is 0.234 e. The zero-order valence-corrected chi connectivity index (χ0v) is 11.8. The molecule has 0 heterocycles. The summed E-state index contributed by atoms with van der Waals surface area (Å²) in [4.78, 5) is 11.8. The van der Waals surface area contributed by atoms with E-state index in [1.54, 1.807) is 0 Å². The van der Waals surface area contributed by atoms with Crippen molar-refractivity contribution >= 4 is 5.91 Å². The Balaban J connectivity index is 2.20. The predicted molar refractivity (Wildman–Crippen MR) is 71.9 cm³/mol. The average molecular weight is 240 g/mol. The highest BCUT2D eigenvalue weighted by molar-refractivity contribution is 5.78. The van der Waals surface area contributed by atoms with Crippen LogP contribution in [0.1, 0.15) is 59.8 Å². The minimum atomic E-state index is 0.146. The molecular formula is C14H28N2O. The highest BCUT2D eigenvalue weighted by Gasteiger charge is 2.21. The summed E-state index contributed by atoms with van der Waals surface area (Å²) in [5.74, 6) is 0.146. The van der Waals surface area contributed by atoms with E-state index in [4.69, 9.17) is 0 Å². The van der Waals surface area contributed by atoms with Crippen molar-refractivity contribution in [3.8, 4) is 0 Å². The van der Waals surface area contributed by atoms with Crippen molar-refractivity contribution in [2.24, 2.45) is 5.41 Å². The zero-order valence-electron chi connectivity index (χ0n) is 11.8. The van der Waals surface area contributed by atoms with Crippen molar-refractivity contribution in [2.75, 3.05) is 6.54 Å². The van der Waals surface area contributed by atoms with E-state index in [-0.39, 0.29) is 11.3 Å². The molecule has 0 saturated heterocycles. The molecule has 0 aromatic carbocycles. The van der Waals surface area contributed by atoms with Gasteiger partial charge in [-0.1, -0.05) is 40.0 Å².